The molecule has 21 heavy (non-hydrogen) atoms. The number of nitrogens with one attached hydrogen (secondary N) is 2. The summed E-state index contributed by atoms with van der Waals surface area (Å²) in [5.41, 5.74) is 3.74. The minimum Gasteiger partial charge on any atom is -0.367 e. The number of nitrogen functional groups attached to an aromatic ring is 1. The molecule has 3 unspecified atom stereocenters. The lowest BCUT2D eigenvalue weighted by Crippen LogP contribution is -2.33. The highest BCUT2D eigenvalue weighted by Crippen LogP contribution is 2.40. The lowest BCUT2D eigenvalue weighted by atomic mass is 9.80. The zero-order chi connectivity index (χ0) is 15.0. The van der Waals surface area contributed by atoms with Gasteiger partial charge in [0.2, 0.25) is 0 Å². The molecule has 0 aromatic carbocycles. The van der Waals surface area contributed by atoms with E-state index in [0.717, 1.165) is 28.9 Å². The summed E-state index contributed by atoms with van der Waals surface area (Å²) in [5, 5.41) is 3.67. The fraction of sp³-hybridized carbons (Fsp3) is 0.750. The van der Waals surface area contributed by atoms with E-state index in [-0.39, 0.29) is 0 Å². The van der Waals surface area contributed by atoms with Gasteiger partial charge in [-0.1, -0.05) is 13.8 Å². The Hall–Kier alpha value is -1.36. The summed E-state index contributed by atoms with van der Waals surface area (Å²) < 4.78 is 0. The van der Waals surface area contributed by atoms with Crippen LogP contribution in [0.25, 0.3) is 0 Å². The molecule has 1 heterocycles. The summed E-state index contributed by atoms with van der Waals surface area (Å²) in [6.45, 7) is 6.72. The maximum absolute atomic E-state index is 5.62. The molecule has 3 atom stereocenters. The van der Waals surface area contributed by atoms with E-state index >= 15 is 0 Å². The Morgan fingerprint density at radius 3 is 2.38 bits per heavy atom. The van der Waals surface area contributed by atoms with Gasteiger partial charge in [-0.2, -0.15) is 0 Å². The zero-order valence-electron chi connectivity index (χ0n) is 13.3. The molecule has 2 fully saturated rings. The van der Waals surface area contributed by atoms with E-state index in [1.54, 1.807) is 0 Å². The molecule has 116 valence electrons. The van der Waals surface area contributed by atoms with Crippen LogP contribution in [0.2, 0.25) is 0 Å². The van der Waals surface area contributed by atoms with Crippen molar-refractivity contribution in [3.63, 3.8) is 0 Å². The highest BCUT2D eigenvalue weighted by atomic mass is 15.3. The largest absolute Gasteiger partial charge is 0.367 e. The topological polar surface area (TPSA) is 75.9 Å². The maximum Gasteiger partial charge on any atom is 0.148 e. The molecule has 0 saturated heterocycles. The normalized spacial score (nSPS) is 29.2. The van der Waals surface area contributed by atoms with Crippen LogP contribution < -0.4 is 16.6 Å². The number of hydrogen-bond acceptors (Lipinski definition) is 5. The summed E-state index contributed by atoms with van der Waals surface area (Å²) in [6.07, 6.45) is 6.20. The molecule has 5 heteroatoms. The number of hydrazine groups is 1. The fourth-order valence-electron chi connectivity index (χ4n) is 3.39. The predicted molar refractivity (Wildman–Crippen MR) is 86.1 cm³/mol. The van der Waals surface area contributed by atoms with E-state index in [0.29, 0.717) is 17.9 Å². The highest BCUT2D eigenvalue weighted by Gasteiger charge is 2.30. The first-order chi connectivity index (χ1) is 10.1. The van der Waals surface area contributed by atoms with Crippen molar-refractivity contribution in [2.75, 3.05) is 10.7 Å². The van der Waals surface area contributed by atoms with Crippen LogP contribution in [0, 0.1) is 18.8 Å². The van der Waals surface area contributed by atoms with Crippen molar-refractivity contribution in [1.82, 2.24) is 9.97 Å². The smallest absolute Gasteiger partial charge is 0.148 e. The van der Waals surface area contributed by atoms with Gasteiger partial charge in [0.1, 0.15) is 17.5 Å². The number of aromatic nitrogens is 2. The summed E-state index contributed by atoms with van der Waals surface area (Å²) in [7, 11) is 0. The highest BCUT2D eigenvalue weighted by molar-refractivity contribution is 5.57. The van der Waals surface area contributed by atoms with Gasteiger partial charge in [0.05, 0.1) is 0 Å². The van der Waals surface area contributed by atoms with Gasteiger partial charge in [-0.05, 0) is 50.9 Å². The third-order valence-electron chi connectivity index (χ3n) is 5.00. The molecule has 1 aromatic heterocycles. The van der Waals surface area contributed by atoms with E-state index in [9.17, 15) is 0 Å². The Morgan fingerprint density at radius 2 is 1.76 bits per heavy atom. The average molecular weight is 289 g/mol. The van der Waals surface area contributed by atoms with Gasteiger partial charge in [0.15, 0.2) is 0 Å². The average Bonchev–Trinajstić information content (AvgIpc) is 3.28. The van der Waals surface area contributed by atoms with Crippen LogP contribution in [-0.2, 0) is 0 Å². The van der Waals surface area contributed by atoms with Crippen LogP contribution in [0.15, 0.2) is 0 Å². The van der Waals surface area contributed by atoms with Gasteiger partial charge in [-0.3, -0.25) is 0 Å². The molecule has 2 saturated carbocycles. The summed E-state index contributed by atoms with van der Waals surface area (Å²) in [5.74, 6) is 10.3. The fourth-order valence-corrected chi connectivity index (χ4v) is 3.39. The van der Waals surface area contributed by atoms with Crippen molar-refractivity contribution in [3.05, 3.63) is 11.4 Å². The van der Waals surface area contributed by atoms with Gasteiger partial charge >= 0.3 is 0 Å². The Kier molecular flexibility index (Phi) is 4.02. The quantitative estimate of drug-likeness (QED) is 0.586. The maximum atomic E-state index is 5.62. The molecular formula is C16H27N5. The molecule has 2 aliphatic rings. The van der Waals surface area contributed by atoms with Crippen molar-refractivity contribution in [3.8, 4) is 0 Å². The minimum atomic E-state index is 0.507. The van der Waals surface area contributed by atoms with E-state index in [4.69, 9.17) is 10.8 Å². The number of hydrogen-bond donors (Lipinski definition) is 3. The standard InChI is InChI=1S/C16H27N5/c1-9-4-7-13(10(2)8-9)18-14-11(3)15(21-17)20-16(19-14)12-5-6-12/h9-10,12-13H,4-8,17H2,1-3H3,(H2,18,19,20,21). The van der Waals surface area contributed by atoms with Crippen molar-refractivity contribution in [2.24, 2.45) is 17.7 Å². The zero-order valence-corrected chi connectivity index (χ0v) is 13.3. The van der Waals surface area contributed by atoms with Crippen LogP contribution in [0.3, 0.4) is 0 Å². The summed E-state index contributed by atoms with van der Waals surface area (Å²) in [6, 6.07) is 0.507. The third kappa shape index (κ3) is 3.12. The number of nitrogens with two attached hydrogens (primary N) is 1. The lowest BCUT2D eigenvalue weighted by Gasteiger charge is -2.34. The second kappa shape index (κ2) is 5.79. The van der Waals surface area contributed by atoms with Gasteiger partial charge in [0.25, 0.3) is 0 Å². The Labute approximate surface area is 127 Å². The van der Waals surface area contributed by atoms with Crippen LogP contribution in [0.4, 0.5) is 11.6 Å². The van der Waals surface area contributed by atoms with Crippen LogP contribution in [0.1, 0.15) is 63.3 Å². The van der Waals surface area contributed by atoms with Crippen LogP contribution in [0.5, 0.6) is 0 Å². The van der Waals surface area contributed by atoms with E-state index in [2.05, 4.69) is 29.6 Å². The molecule has 0 spiro atoms. The Bertz CT molecular complexity index is 512. The van der Waals surface area contributed by atoms with Crippen molar-refractivity contribution in [2.45, 2.75) is 64.8 Å². The SMILES string of the molecule is Cc1c(NN)nc(C2CC2)nc1NC1CCC(C)CC1C. The van der Waals surface area contributed by atoms with Gasteiger partial charge < -0.3 is 10.7 Å². The molecule has 2 aliphatic carbocycles. The van der Waals surface area contributed by atoms with Crippen molar-refractivity contribution < 1.29 is 0 Å². The number of rotatable bonds is 4. The van der Waals surface area contributed by atoms with Gasteiger partial charge in [-0.25, -0.2) is 15.8 Å². The first kappa shape index (κ1) is 14.6. The van der Waals surface area contributed by atoms with Crippen LogP contribution >= 0.6 is 0 Å². The summed E-state index contributed by atoms with van der Waals surface area (Å²) in [4.78, 5) is 9.32. The Balaban J connectivity index is 1.82. The molecule has 1 aromatic rings. The molecule has 5 nitrogen and oxygen atoms in total. The molecule has 0 radical (unpaired) electrons. The molecule has 3 rings (SSSR count). The number of nitrogens with zero attached hydrogens (tertiary/aromatic N) is 2. The van der Waals surface area contributed by atoms with Gasteiger partial charge in [-0.15, -0.1) is 0 Å². The predicted octanol–water partition coefficient (Wildman–Crippen LogP) is 3.18. The molecule has 0 aliphatic heterocycles. The molecule has 0 bridgehead atoms. The lowest BCUT2D eigenvalue weighted by molar-refractivity contribution is 0.276. The van der Waals surface area contributed by atoms with E-state index < -0.39 is 0 Å². The van der Waals surface area contributed by atoms with Crippen molar-refractivity contribution >= 4 is 11.6 Å². The second-order valence-electron chi connectivity index (χ2n) is 6.97. The van der Waals surface area contributed by atoms with Crippen molar-refractivity contribution in [1.29, 1.82) is 0 Å². The van der Waals surface area contributed by atoms with E-state index in [1.807, 2.05) is 6.92 Å². The van der Waals surface area contributed by atoms with Crippen LogP contribution in [-0.4, -0.2) is 16.0 Å². The third-order valence-corrected chi connectivity index (χ3v) is 5.00. The number of anilines is 2. The Morgan fingerprint density at radius 1 is 1.05 bits per heavy atom. The minimum absolute atomic E-state index is 0.507. The van der Waals surface area contributed by atoms with E-state index in [1.165, 1.54) is 32.1 Å². The first-order valence-electron chi connectivity index (χ1n) is 8.20. The van der Waals surface area contributed by atoms with Gasteiger partial charge in [0, 0.05) is 17.5 Å². The molecule has 4 N–H and O–H groups in total. The molecular weight excluding hydrogens is 262 g/mol. The molecule has 0 amide bonds. The monoisotopic (exact) mass is 289 g/mol. The second-order valence-corrected chi connectivity index (χ2v) is 6.97. The first-order valence-corrected chi connectivity index (χ1v) is 8.20. The summed E-state index contributed by atoms with van der Waals surface area (Å²) >= 11 is 0.